The van der Waals surface area contributed by atoms with Gasteiger partial charge in [0, 0.05) is 14.2 Å². The largest absolute Gasteiger partial charge is 0.405 e. The highest BCUT2D eigenvalue weighted by molar-refractivity contribution is 6.28. The molecule has 3 nitrogen and oxygen atoms in total. The summed E-state index contributed by atoms with van der Waals surface area (Å²) < 4.78 is 16.2. The van der Waals surface area contributed by atoms with Gasteiger partial charge in [-0.1, -0.05) is 43.8 Å². The lowest BCUT2D eigenvalue weighted by molar-refractivity contribution is -0.0556. The number of benzene rings is 1. The van der Waals surface area contributed by atoms with Gasteiger partial charge in [0.2, 0.25) is 0 Å². The second kappa shape index (κ2) is 8.21. The van der Waals surface area contributed by atoms with E-state index in [1.807, 2.05) is 24.3 Å². The molecule has 0 aromatic heterocycles. The number of methoxy groups -OCH3 is 2. The molecule has 0 spiro atoms. The predicted molar refractivity (Wildman–Crippen MR) is 74.2 cm³/mol. The molecule has 0 saturated carbocycles. The van der Waals surface area contributed by atoms with Crippen LogP contribution in [0.15, 0.2) is 30.8 Å². The van der Waals surface area contributed by atoms with E-state index in [4.69, 9.17) is 13.9 Å². The smallest absolute Gasteiger partial charge is 0.300 e. The normalized spacial score (nSPS) is 12.7. The summed E-state index contributed by atoms with van der Waals surface area (Å²) in [6.07, 6.45) is 2.80. The van der Waals surface area contributed by atoms with E-state index in [1.54, 1.807) is 14.2 Å². The molecule has 0 aliphatic carbocycles. The zero-order chi connectivity index (χ0) is 13.4. The van der Waals surface area contributed by atoms with Gasteiger partial charge in [0.1, 0.15) is 0 Å². The van der Waals surface area contributed by atoms with Crippen LogP contribution in [0.25, 0.3) is 6.08 Å². The highest BCUT2D eigenvalue weighted by Gasteiger charge is 2.16. The Kier molecular flexibility index (Phi) is 6.89. The number of hydrogen-bond donors (Lipinski definition) is 0. The summed E-state index contributed by atoms with van der Waals surface area (Å²) in [7, 11) is 3.38. The van der Waals surface area contributed by atoms with E-state index in [0.29, 0.717) is 0 Å². The van der Waals surface area contributed by atoms with Crippen LogP contribution in [0.1, 0.15) is 30.6 Å². The summed E-state index contributed by atoms with van der Waals surface area (Å²) in [4.78, 5) is 0. The SMILES string of the molecule is C=Cc1ccccc1C(CC)O[Si]C(OC)OC. The Labute approximate surface area is 112 Å². The van der Waals surface area contributed by atoms with Gasteiger partial charge in [0.15, 0.2) is 5.91 Å². The fraction of sp³-hybridized carbons (Fsp3) is 0.429. The Morgan fingerprint density at radius 2 is 1.94 bits per heavy atom. The van der Waals surface area contributed by atoms with Gasteiger partial charge in [0.25, 0.3) is 9.76 Å². The molecule has 0 heterocycles. The second-order valence-corrected chi connectivity index (χ2v) is 4.71. The summed E-state index contributed by atoms with van der Waals surface area (Å²) in [6.45, 7) is 5.93. The van der Waals surface area contributed by atoms with Gasteiger partial charge in [-0.2, -0.15) is 0 Å². The predicted octanol–water partition coefficient (Wildman–Crippen LogP) is 2.99. The van der Waals surface area contributed by atoms with Crippen LogP contribution < -0.4 is 0 Å². The molecule has 0 aliphatic heterocycles. The molecule has 1 unspecified atom stereocenters. The third-order valence-electron chi connectivity index (χ3n) is 2.67. The van der Waals surface area contributed by atoms with Crippen LogP contribution in [-0.2, 0) is 13.9 Å². The maximum Gasteiger partial charge on any atom is 0.300 e. The van der Waals surface area contributed by atoms with Crippen LogP contribution >= 0.6 is 0 Å². The lowest BCUT2D eigenvalue weighted by Gasteiger charge is -2.20. The molecule has 98 valence electrons. The molecule has 0 fully saturated rings. The van der Waals surface area contributed by atoms with Gasteiger partial charge < -0.3 is 13.9 Å². The molecule has 0 N–H and O–H groups in total. The van der Waals surface area contributed by atoms with Gasteiger partial charge in [-0.3, -0.25) is 0 Å². The van der Waals surface area contributed by atoms with Crippen molar-refractivity contribution in [3.8, 4) is 0 Å². The third-order valence-corrected chi connectivity index (χ3v) is 3.75. The monoisotopic (exact) mass is 264 g/mol. The van der Waals surface area contributed by atoms with Gasteiger partial charge in [-0.25, -0.2) is 0 Å². The fourth-order valence-corrected chi connectivity index (χ4v) is 2.45. The molecule has 0 bridgehead atoms. The maximum absolute atomic E-state index is 5.89. The average Bonchev–Trinajstić information content (AvgIpc) is 2.44. The highest BCUT2D eigenvalue weighted by Crippen LogP contribution is 2.25. The average molecular weight is 264 g/mol. The summed E-state index contributed by atoms with van der Waals surface area (Å²) in [5, 5.41) is 0. The minimum Gasteiger partial charge on any atom is -0.405 e. The minimum absolute atomic E-state index is 0.0466. The molecule has 1 aromatic carbocycles. The first-order valence-electron chi connectivity index (χ1n) is 5.94. The second-order valence-electron chi connectivity index (χ2n) is 3.77. The van der Waals surface area contributed by atoms with Gasteiger partial charge in [-0.05, 0) is 17.5 Å². The Morgan fingerprint density at radius 3 is 2.50 bits per heavy atom. The summed E-state index contributed by atoms with van der Waals surface area (Å²) in [5.41, 5.74) is 2.27. The van der Waals surface area contributed by atoms with Crippen LogP contribution in [0.5, 0.6) is 0 Å². The van der Waals surface area contributed by atoms with Gasteiger partial charge >= 0.3 is 0 Å². The van der Waals surface area contributed by atoms with Crippen molar-refractivity contribution in [1.29, 1.82) is 0 Å². The maximum atomic E-state index is 5.89. The number of hydrogen-bond acceptors (Lipinski definition) is 3. The number of ether oxygens (including phenoxy) is 2. The molecule has 1 aromatic rings. The summed E-state index contributed by atoms with van der Waals surface area (Å²) >= 11 is 0. The van der Waals surface area contributed by atoms with E-state index in [9.17, 15) is 0 Å². The van der Waals surface area contributed by atoms with Gasteiger partial charge in [0.05, 0.1) is 6.10 Å². The molecular formula is C14H20O3Si. The van der Waals surface area contributed by atoms with Crippen molar-refractivity contribution in [3.05, 3.63) is 42.0 Å². The van der Waals surface area contributed by atoms with Crippen LogP contribution in [0, 0.1) is 0 Å². The first-order valence-corrected chi connectivity index (χ1v) is 6.93. The molecule has 1 atom stereocenters. The van der Waals surface area contributed by atoms with Crippen molar-refractivity contribution >= 4 is 15.8 Å². The first kappa shape index (κ1) is 15.1. The minimum atomic E-state index is -0.296. The van der Waals surface area contributed by atoms with Crippen molar-refractivity contribution in [2.45, 2.75) is 25.4 Å². The molecular weight excluding hydrogens is 244 g/mol. The van der Waals surface area contributed by atoms with E-state index >= 15 is 0 Å². The van der Waals surface area contributed by atoms with E-state index in [0.717, 1.165) is 17.5 Å². The Hall–Kier alpha value is -0.943. The van der Waals surface area contributed by atoms with E-state index in [1.165, 1.54) is 0 Å². The Bertz CT molecular complexity index is 364. The third kappa shape index (κ3) is 4.06. The van der Waals surface area contributed by atoms with Crippen LogP contribution in [0.4, 0.5) is 0 Å². The highest BCUT2D eigenvalue weighted by atomic mass is 28.2. The molecule has 2 radical (unpaired) electrons. The van der Waals surface area contributed by atoms with Crippen molar-refractivity contribution in [1.82, 2.24) is 0 Å². The summed E-state index contributed by atoms with van der Waals surface area (Å²) in [5.74, 6) is -0.296. The molecule has 1 rings (SSSR count). The quantitative estimate of drug-likeness (QED) is 0.533. The molecule has 0 saturated heterocycles. The molecule has 0 aliphatic rings. The van der Waals surface area contributed by atoms with Crippen molar-refractivity contribution < 1.29 is 13.9 Å². The van der Waals surface area contributed by atoms with Crippen molar-refractivity contribution in [2.24, 2.45) is 0 Å². The molecule has 18 heavy (non-hydrogen) atoms. The van der Waals surface area contributed by atoms with Crippen LogP contribution in [-0.4, -0.2) is 29.9 Å². The topological polar surface area (TPSA) is 27.7 Å². The van der Waals surface area contributed by atoms with Crippen LogP contribution in [0.2, 0.25) is 0 Å². The zero-order valence-electron chi connectivity index (χ0n) is 11.2. The standard InChI is InChI=1S/C14H20O3Si/c1-5-11-9-7-8-10-12(11)13(6-2)17-18-14(15-3)16-4/h5,7-10,13-14H,1,6H2,2-4H3. The lowest BCUT2D eigenvalue weighted by atomic mass is 10.0. The zero-order valence-corrected chi connectivity index (χ0v) is 12.2. The summed E-state index contributed by atoms with van der Waals surface area (Å²) in [6, 6.07) is 8.14. The Balaban J connectivity index is 2.73. The molecule has 0 amide bonds. The van der Waals surface area contributed by atoms with E-state index < -0.39 is 0 Å². The number of rotatable bonds is 8. The molecule has 4 heteroatoms. The lowest BCUT2D eigenvalue weighted by Crippen LogP contribution is -2.25. The van der Waals surface area contributed by atoms with E-state index in [2.05, 4.69) is 19.6 Å². The van der Waals surface area contributed by atoms with E-state index in [-0.39, 0.29) is 21.8 Å². The van der Waals surface area contributed by atoms with Crippen molar-refractivity contribution in [3.63, 3.8) is 0 Å². The van der Waals surface area contributed by atoms with Crippen molar-refractivity contribution in [2.75, 3.05) is 14.2 Å². The first-order chi connectivity index (χ1) is 8.76. The van der Waals surface area contributed by atoms with Crippen LogP contribution in [0.3, 0.4) is 0 Å². The Morgan fingerprint density at radius 1 is 1.28 bits per heavy atom. The fourth-order valence-electron chi connectivity index (χ4n) is 1.69. The van der Waals surface area contributed by atoms with Gasteiger partial charge in [-0.15, -0.1) is 0 Å².